The third kappa shape index (κ3) is 4.26. The number of rotatable bonds is 5. The van der Waals surface area contributed by atoms with Gasteiger partial charge >= 0.3 is 0 Å². The summed E-state index contributed by atoms with van der Waals surface area (Å²) < 4.78 is 5.50. The number of aliphatic imine (C=N–C) groups is 1. The van der Waals surface area contributed by atoms with Gasteiger partial charge in [-0.05, 0) is 35.4 Å². The van der Waals surface area contributed by atoms with Crippen molar-refractivity contribution in [3.05, 3.63) is 77.9 Å². The zero-order valence-electron chi connectivity index (χ0n) is 18.3. The Balaban J connectivity index is 1.60. The topological polar surface area (TPSA) is 77.4 Å². The fraction of sp³-hybridized carbons (Fsp3) is 0.231. The van der Waals surface area contributed by atoms with Crippen molar-refractivity contribution in [3.8, 4) is 11.1 Å². The molecule has 0 aliphatic carbocycles. The van der Waals surface area contributed by atoms with Gasteiger partial charge in [-0.1, -0.05) is 42.5 Å². The highest BCUT2D eigenvalue weighted by molar-refractivity contribution is 6.06. The Bertz CT molecular complexity index is 1190. The zero-order valence-corrected chi connectivity index (χ0v) is 18.3. The van der Waals surface area contributed by atoms with Crippen LogP contribution < -0.4 is 10.4 Å². The predicted octanol–water partition coefficient (Wildman–Crippen LogP) is 4.01. The van der Waals surface area contributed by atoms with Gasteiger partial charge in [0.05, 0.1) is 30.3 Å². The van der Waals surface area contributed by atoms with E-state index in [1.165, 1.54) is 0 Å². The molecular weight excluding hydrogens is 416 g/mol. The average molecular weight is 443 g/mol. The first-order valence-corrected chi connectivity index (χ1v) is 11.1. The second-order valence-corrected chi connectivity index (χ2v) is 8.08. The van der Waals surface area contributed by atoms with Gasteiger partial charge in [-0.25, -0.2) is 5.48 Å². The quantitative estimate of drug-likeness (QED) is 0.461. The van der Waals surface area contributed by atoms with Crippen LogP contribution in [0.15, 0.2) is 71.7 Å². The molecule has 2 aliphatic rings. The fourth-order valence-electron chi connectivity index (χ4n) is 4.51. The van der Waals surface area contributed by atoms with Gasteiger partial charge in [-0.15, -0.1) is 0 Å². The molecule has 7 heteroatoms. The lowest BCUT2D eigenvalue weighted by molar-refractivity contribution is 0.0394. The number of morpholine rings is 1. The molecule has 0 unspecified atom stereocenters. The van der Waals surface area contributed by atoms with Crippen molar-refractivity contribution in [2.45, 2.75) is 0 Å². The second-order valence-electron chi connectivity index (χ2n) is 8.08. The number of carbonyl (C=O) groups is 1. The molecule has 0 bridgehead atoms. The van der Waals surface area contributed by atoms with E-state index >= 15 is 0 Å². The van der Waals surface area contributed by atoms with Crippen LogP contribution in [0.25, 0.3) is 11.1 Å². The highest BCUT2D eigenvalue weighted by Gasteiger charge is 2.23. The van der Waals surface area contributed by atoms with Crippen LogP contribution in [0.4, 0.5) is 17.1 Å². The second kappa shape index (κ2) is 9.54. The smallest absolute Gasteiger partial charge is 0.275 e. The Kier molecular flexibility index (Phi) is 6.17. The Morgan fingerprint density at radius 2 is 1.64 bits per heavy atom. The molecule has 0 aromatic heterocycles. The van der Waals surface area contributed by atoms with Crippen molar-refractivity contribution in [1.82, 2.24) is 10.4 Å². The van der Waals surface area contributed by atoms with Gasteiger partial charge in [-0.2, -0.15) is 0 Å². The van der Waals surface area contributed by atoms with Crippen LogP contribution in [0.5, 0.6) is 0 Å². The lowest BCUT2D eigenvalue weighted by Gasteiger charge is -2.32. The number of carbonyl (C=O) groups excluding carboxylic acids is 1. The first-order valence-electron chi connectivity index (χ1n) is 11.1. The number of benzene rings is 3. The molecule has 0 spiro atoms. The van der Waals surface area contributed by atoms with Crippen LogP contribution in [-0.4, -0.2) is 61.6 Å². The van der Waals surface area contributed by atoms with Gasteiger partial charge < -0.3 is 9.64 Å². The molecule has 1 fully saturated rings. The van der Waals surface area contributed by atoms with Crippen LogP contribution in [0.1, 0.15) is 15.9 Å². The molecule has 2 N–H and O–H groups in total. The van der Waals surface area contributed by atoms with E-state index in [-0.39, 0.29) is 0 Å². The van der Waals surface area contributed by atoms with Gasteiger partial charge in [0.15, 0.2) is 0 Å². The zero-order chi connectivity index (χ0) is 22.6. The summed E-state index contributed by atoms with van der Waals surface area (Å²) in [6.07, 6.45) is 1.88. The molecule has 168 valence electrons. The highest BCUT2D eigenvalue weighted by atomic mass is 16.5. The van der Waals surface area contributed by atoms with Crippen LogP contribution in [0.2, 0.25) is 0 Å². The molecule has 0 atom stereocenters. The molecule has 2 aliphatic heterocycles. The van der Waals surface area contributed by atoms with E-state index in [9.17, 15) is 10.0 Å². The number of ether oxygens (including phenoxy) is 1. The maximum absolute atomic E-state index is 12.3. The summed E-state index contributed by atoms with van der Waals surface area (Å²) in [5.74, 6) is -0.541. The lowest BCUT2D eigenvalue weighted by atomic mass is 9.94. The average Bonchev–Trinajstić information content (AvgIpc) is 3.04. The molecular formula is C26H26N4O3. The van der Waals surface area contributed by atoms with Gasteiger partial charge in [0.2, 0.25) is 0 Å². The van der Waals surface area contributed by atoms with Crippen LogP contribution in [0.3, 0.4) is 0 Å². The SMILES string of the molecule is O=C(NO)c1ccccc1-c1cccc2c1C=Nc1ccccc1N2CCN1CCOCC1. The number of hydrogen-bond donors (Lipinski definition) is 2. The van der Waals surface area contributed by atoms with Crippen LogP contribution in [0, 0.1) is 0 Å². The lowest BCUT2D eigenvalue weighted by Crippen LogP contribution is -2.40. The number of amides is 1. The number of fused-ring (bicyclic) bond motifs is 2. The van der Waals surface area contributed by atoms with E-state index in [1.54, 1.807) is 17.6 Å². The number of nitrogens with one attached hydrogen (secondary N) is 1. The Morgan fingerprint density at radius 1 is 0.909 bits per heavy atom. The molecule has 1 saturated heterocycles. The summed E-state index contributed by atoms with van der Waals surface area (Å²) in [4.78, 5) is 21.9. The molecule has 7 nitrogen and oxygen atoms in total. The van der Waals surface area contributed by atoms with Gasteiger partial charge in [-0.3, -0.25) is 19.9 Å². The first-order chi connectivity index (χ1) is 16.3. The van der Waals surface area contributed by atoms with Crippen molar-refractivity contribution < 1.29 is 14.7 Å². The maximum Gasteiger partial charge on any atom is 0.275 e. The van der Waals surface area contributed by atoms with E-state index in [2.05, 4.69) is 21.9 Å². The van der Waals surface area contributed by atoms with E-state index in [1.807, 2.05) is 48.7 Å². The van der Waals surface area contributed by atoms with E-state index in [0.29, 0.717) is 5.56 Å². The van der Waals surface area contributed by atoms with Gasteiger partial charge in [0, 0.05) is 43.5 Å². The summed E-state index contributed by atoms with van der Waals surface area (Å²) in [7, 11) is 0. The van der Waals surface area contributed by atoms with Gasteiger partial charge in [0.25, 0.3) is 5.91 Å². The number of hydroxylamine groups is 1. The third-order valence-electron chi connectivity index (χ3n) is 6.19. The molecule has 5 rings (SSSR count). The first kappa shape index (κ1) is 21.3. The van der Waals surface area contributed by atoms with E-state index in [0.717, 1.165) is 73.1 Å². The van der Waals surface area contributed by atoms with Crippen LogP contribution in [-0.2, 0) is 4.74 Å². The Hall–Kier alpha value is -3.52. The minimum atomic E-state index is -0.541. The van der Waals surface area contributed by atoms with Gasteiger partial charge in [0.1, 0.15) is 0 Å². The van der Waals surface area contributed by atoms with E-state index < -0.39 is 5.91 Å². The molecule has 33 heavy (non-hydrogen) atoms. The largest absolute Gasteiger partial charge is 0.379 e. The Morgan fingerprint density at radius 3 is 2.48 bits per heavy atom. The number of para-hydroxylation sites is 2. The summed E-state index contributed by atoms with van der Waals surface area (Å²) in [5, 5.41) is 9.25. The van der Waals surface area contributed by atoms with Crippen molar-refractivity contribution in [3.63, 3.8) is 0 Å². The molecule has 0 saturated carbocycles. The van der Waals surface area contributed by atoms with E-state index in [4.69, 9.17) is 9.73 Å². The third-order valence-corrected chi connectivity index (χ3v) is 6.19. The minimum Gasteiger partial charge on any atom is -0.379 e. The minimum absolute atomic E-state index is 0.406. The molecule has 3 aromatic rings. The summed E-state index contributed by atoms with van der Waals surface area (Å²) in [6.45, 7) is 5.11. The summed E-state index contributed by atoms with van der Waals surface area (Å²) in [6, 6.07) is 21.5. The normalized spacial score (nSPS) is 15.5. The molecule has 1 amide bonds. The number of nitrogens with zero attached hydrogens (tertiary/aromatic N) is 3. The standard InChI is InChI=1S/C26H26N4O3/c31-26(28-32)21-7-2-1-6-19(21)20-8-5-11-24-22(20)18-27-23-9-3-4-10-25(23)30(24)13-12-29-14-16-33-17-15-29/h1-11,18,32H,12-17H2,(H,28,31). The van der Waals surface area contributed by atoms with Crippen molar-refractivity contribution in [1.29, 1.82) is 0 Å². The highest BCUT2D eigenvalue weighted by Crippen LogP contribution is 2.41. The van der Waals surface area contributed by atoms with Crippen molar-refractivity contribution in [2.24, 2.45) is 4.99 Å². The van der Waals surface area contributed by atoms with Crippen LogP contribution >= 0.6 is 0 Å². The van der Waals surface area contributed by atoms with Crippen molar-refractivity contribution >= 4 is 29.2 Å². The van der Waals surface area contributed by atoms with Crippen molar-refractivity contribution in [2.75, 3.05) is 44.3 Å². The molecule has 2 heterocycles. The predicted molar refractivity (Wildman–Crippen MR) is 129 cm³/mol. The molecule has 3 aromatic carbocycles. The molecule has 0 radical (unpaired) electrons. The monoisotopic (exact) mass is 442 g/mol. The Labute approximate surface area is 192 Å². The number of hydrogen-bond acceptors (Lipinski definition) is 6. The fourth-order valence-corrected chi connectivity index (χ4v) is 4.51. The maximum atomic E-state index is 12.3. The summed E-state index contributed by atoms with van der Waals surface area (Å²) >= 11 is 0. The number of anilines is 2. The summed E-state index contributed by atoms with van der Waals surface area (Å²) in [5.41, 5.74) is 7.74.